The molecule has 196 valence electrons. The highest BCUT2D eigenvalue weighted by Crippen LogP contribution is 2.36. The number of nitrogens with one attached hydrogen (secondary N) is 3. The van der Waals surface area contributed by atoms with E-state index in [9.17, 15) is 24.0 Å². The molecule has 0 saturated carbocycles. The van der Waals surface area contributed by atoms with Crippen molar-refractivity contribution in [2.24, 2.45) is 0 Å². The van der Waals surface area contributed by atoms with Gasteiger partial charge in [-0.3, -0.25) is 34.7 Å². The molecule has 3 aromatic rings. The second-order valence-electron chi connectivity index (χ2n) is 9.22. The molecule has 38 heavy (non-hydrogen) atoms. The summed E-state index contributed by atoms with van der Waals surface area (Å²) in [5.41, 5.74) is -0.396. The van der Waals surface area contributed by atoms with Crippen molar-refractivity contribution >= 4 is 68.6 Å². The molecule has 14 heteroatoms. The fraction of sp³-hybridized carbons (Fsp3) is 0.292. The van der Waals surface area contributed by atoms with Crippen LogP contribution < -0.4 is 20.7 Å². The topological polar surface area (TPSA) is 160 Å². The number of benzene rings is 1. The zero-order valence-corrected chi connectivity index (χ0v) is 22.0. The Kier molecular flexibility index (Phi) is 6.27. The predicted octanol–water partition coefficient (Wildman–Crippen LogP) is 2.81. The number of nitrogens with zero attached hydrogens (tertiary/aromatic N) is 3. The standard InChI is InChI=1S/C24H21ClN6O6S/c1-24(2,22-26-12-9-14(37-3)11(25)8-15(12)38-22)30-23(36)28-16-6-4-10-18(27-16)21(35)31(20(10)34)13-5-7-17(32)29-19(13)33/h4,6,8-9,13H,5,7H2,1-3H3,(H,29,32,33)(H2,27,28,30,36). The molecule has 1 atom stereocenters. The smallest absolute Gasteiger partial charge is 0.321 e. The van der Waals surface area contributed by atoms with Crippen LogP contribution in [-0.2, 0) is 15.1 Å². The number of methoxy groups -OCH3 is 1. The summed E-state index contributed by atoms with van der Waals surface area (Å²) < 4.78 is 6.06. The Morgan fingerprint density at radius 3 is 2.66 bits per heavy atom. The van der Waals surface area contributed by atoms with Crippen molar-refractivity contribution in [2.45, 2.75) is 38.3 Å². The number of thiazole rings is 1. The number of amides is 6. The highest BCUT2D eigenvalue weighted by Gasteiger charge is 2.45. The van der Waals surface area contributed by atoms with Crippen LogP contribution in [0.3, 0.4) is 0 Å². The molecular weight excluding hydrogens is 536 g/mol. The van der Waals surface area contributed by atoms with E-state index in [4.69, 9.17) is 16.3 Å². The second kappa shape index (κ2) is 9.33. The average molecular weight is 557 g/mol. The van der Waals surface area contributed by atoms with Crippen LogP contribution in [0.2, 0.25) is 5.02 Å². The summed E-state index contributed by atoms with van der Waals surface area (Å²) in [4.78, 5) is 71.8. The van der Waals surface area contributed by atoms with E-state index in [1.165, 1.54) is 30.6 Å². The molecule has 0 aliphatic carbocycles. The van der Waals surface area contributed by atoms with E-state index in [1.807, 2.05) is 0 Å². The summed E-state index contributed by atoms with van der Waals surface area (Å²) in [5.74, 6) is -2.11. The number of carbonyl (C=O) groups excluding carboxylic acids is 5. The van der Waals surface area contributed by atoms with Gasteiger partial charge in [0.2, 0.25) is 11.8 Å². The van der Waals surface area contributed by atoms with Crippen LogP contribution in [0.15, 0.2) is 24.3 Å². The second-order valence-corrected chi connectivity index (χ2v) is 10.7. The Labute approximate surface area is 224 Å². The molecule has 0 radical (unpaired) electrons. The van der Waals surface area contributed by atoms with E-state index in [-0.39, 0.29) is 29.9 Å². The first kappa shape index (κ1) is 25.5. The van der Waals surface area contributed by atoms with Gasteiger partial charge in [-0.1, -0.05) is 11.6 Å². The number of halogens is 1. The third-order valence-electron chi connectivity index (χ3n) is 6.15. The van der Waals surface area contributed by atoms with E-state index < -0.39 is 41.2 Å². The van der Waals surface area contributed by atoms with E-state index in [2.05, 4.69) is 25.9 Å². The Bertz CT molecular complexity index is 1550. The number of urea groups is 1. The fourth-order valence-corrected chi connectivity index (χ4v) is 5.60. The van der Waals surface area contributed by atoms with Crippen molar-refractivity contribution in [3.05, 3.63) is 45.6 Å². The molecule has 1 saturated heterocycles. The number of anilines is 1. The first-order chi connectivity index (χ1) is 18.0. The molecule has 1 unspecified atom stereocenters. The van der Waals surface area contributed by atoms with Gasteiger partial charge in [-0.05, 0) is 38.5 Å². The number of rotatable bonds is 5. The van der Waals surface area contributed by atoms with Crippen LogP contribution in [0, 0.1) is 0 Å². The number of hydrogen-bond acceptors (Lipinski definition) is 9. The summed E-state index contributed by atoms with van der Waals surface area (Å²) in [6.07, 6.45) is 0.0404. The van der Waals surface area contributed by atoms with Gasteiger partial charge in [-0.2, -0.15) is 0 Å². The number of piperidine rings is 1. The van der Waals surface area contributed by atoms with Gasteiger partial charge in [0, 0.05) is 12.5 Å². The molecule has 2 aromatic heterocycles. The normalized spacial score (nSPS) is 17.5. The zero-order chi connectivity index (χ0) is 27.4. The largest absolute Gasteiger partial charge is 0.495 e. The molecule has 2 aliphatic rings. The lowest BCUT2D eigenvalue weighted by atomic mass is 10.0. The lowest BCUT2D eigenvalue weighted by Gasteiger charge is -2.27. The Balaban J connectivity index is 1.31. The maximum absolute atomic E-state index is 13.0. The maximum Gasteiger partial charge on any atom is 0.321 e. The SMILES string of the molecule is COc1cc2nc(C(C)(C)NC(=O)Nc3ccc4c(n3)C(=O)N(C3CCC(=O)NC3=O)C4=O)sc2cc1Cl. The van der Waals surface area contributed by atoms with Gasteiger partial charge in [0.15, 0.2) is 0 Å². The van der Waals surface area contributed by atoms with Crippen molar-refractivity contribution in [2.75, 3.05) is 12.4 Å². The van der Waals surface area contributed by atoms with Gasteiger partial charge < -0.3 is 10.1 Å². The summed E-state index contributed by atoms with van der Waals surface area (Å²) in [7, 11) is 1.51. The van der Waals surface area contributed by atoms with Crippen LogP contribution in [0.4, 0.5) is 10.6 Å². The average Bonchev–Trinajstić information content (AvgIpc) is 3.37. The molecule has 2 aliphatic heterocycles. The van der Waals surface area contributed by atoms with Gasteiger partial charge in [0.05, 0.1) is 33.5 Å². The van der Waals surface area contributed by atoms with Gasteiger partial charge in [0.1, 0.15) is 28.3 Å². The van der Waals surface area contributed by atoms with Crippen molar-refractivity contribution in [3.8, 4) is 5.75 Å². The van der Waals surface area contributed by atoms with Gasteiger partial charge in [0.25, 0.3) is 11.8 Å². The Morgan fingerprint density at radius 2 is 1.95 bits per heavy atom. The summed E-state index contributed by atoms with van der Waals surface area (Å²) in [6, 6.07) is 4.50. The highest BCUT2D eigenvalue weighted by molar-refractivity contribution is 7.18. The number of fused-ring (bicyclic) bond motifs is 2. The van der Waals surface area contributed by atoms with Crippen LogP contribution in [0.5, 0.6) is 5.75 Å². The van der Waals surface area contributed by atoms with Crippen molar-refractivity contribution in [1.82, 2.24) is 25.5 Å². The number of carbonyl (C=O) groups is 5. The molecule has 4 heterocycles. The summed E-state index contributed by atoms with van der Waals surface area (Å²) in [6.45, 7) is 3.55. The molecule has 5 rings (SSSR count). The maximum atomic E-state index is 13.0. The quantitative estimate of drug-likeness (QED) is 0.404. The molecule has 3 N–H and O–H groups in total. The lowest BCUT2D eigenvalue weighted by Crippen LogP contribution is -2.54. The van der Waals surface area contributed by atoms with Crippen LogP contribution in [-0.4, -0.2) is 57.7 Å². The lowest BCUT2D eigenvalue weighted by molar-refractivity contribution is -0.136. The molecule has 12 nitrogen and oxygen atoms in total. The van der Waals surface area contributed by atoms with Crippen LogP contribution in [0.1, 0.15) is 52.5 Å². The van der Waals surface area contributed by atoms with Gasteiger partial charge in [-0.15, -0.1) is 11.3 Å². The van der Waals surface area contributed by atoms with Gasteiger partial charge in [-0.25, -0.2) is 14.8 Å². The number of ether oxygens (including phenoxy) is 1. The minimum Gasteiger partial charge on any atom is -0.495 e. The predicted molar refractivity (Wildman–Crippen MR) is 137 cm³/mol. The summed E-state index contributed by atoms with van der Waals surface area (Å²) in [5, 5.41) is 8.61. The number of pyridine rings is 1. The van der Waals surface area contributed by atoms with E-state index in [0.29, 0.717) is 21.3 Å². The molecular formula is C24H21ClN6O6S. The molecule has 0 bridgehead atoms. The molecule has 6 amide bonds. The Morgan fingerprint density at radius 1 is 1.18 bits per heavy atom. The minimum atomic E-state index is -1.11. The zero-order valence-electron chi connectivity index (χ0n) is 20.4. The van der Waals surface area contributed by atoms with Gasteiger partial charge >= 0.3 is 6.03 Å². The third-order valence-corrected chi connectivity index (χ3v) is 7.79. The first-order valence-corrected chi connectivity index (χ1v) is 12.6. The van der Waals surface area contributed by atoms with Crippen molar-refractivity contribution in [3.63, 3.8) is 0 Å². The fourth-order valence-electron chi connectivity index (χ4n) is 4.25. The van der Waals surface area contributed by atoms with E-state index in [1.54, 1.807) is 26.0 Å². The highest BCUT2D eigenvalue weighted by atomic mass is 35.5. The number of imide groups is 2. The Hall–Kier alpha value is -4.10. The number of aromatic nitrogens is 2. The van der Waals surface area contributed by atoms with Crippen LogP contribution in [0.25, 0.3) is 10.2 Å². The van der Waals surface area contributed by atoms with Crippen molar-refractivity contribution < 1.29 is 28.7 Å². The van der Waals surface area contributed by atoms with Crippen molar-refractivity contribution in [1.29, 1.82) is 0 Å². The van der Waals surface area contributed by atoms with Crippen LogP contribution >= 0.6 is 22.9 Å². The first-order valence-electron chi connectivity index (χ1n) is 11.4. The molecule has 1 aromatic carbocycles. The monoisotopic (exact) mass is 556 g/mol. The third kappa shape index (κ3) is 4.43. The van der Waals surface area contributed by atoms with E-state index >= 15 is 0 Å². The minimum absolute atomic E-state index is 0.00884. The molecule has 0 spiro atoms. The summed E-state index contributed by atoms with van der Waals surface area (Å²) >= 11 is 7.58. The molecule has 1 fully saturated rings. The number of hydrogen-bond donors (Lipinski definition) is 3. The van der Waals surface area contributed by atoms with E-state index in [0.717, 1.165) is 9.60 Å².